The lowest BCUT2D eigenvalue weighted by atomic mass is 10.0. The van der Waals surface area contributed by atoms with Crippen LogP contribution in [-0.2, 0) is 32.7 Å². The number of nitrogens with two attached hydrogens (primary N) is 1. The van der Waals surface area contributed by atoms with Gasteiger partial charge in [-0.05, 0) is 96.3 Å². The van der Waals surface area contributed by atoms with Crippen molar-refractivity contribution in [2.45, 2.75) is 302 Å². The number of carbonyl (C=O) groups is 2. The minimum atomic E-state index is -4.41. The molecule has 0 aliphatic heterocycles. The highest BCUT2D eigenvalue weighted by atomic mass is 31.2. The van der Waals surface area contributed by atoms with E-state index in [1.54, 1.807) is 0 Å². The van der Waals surface area contributed by atoms with E-state index in [1.165, 1.54) is 180 Å². The molecule has 0 aliphatic carbocycles. The average Bonchev–Trinajstić information content (AvgIpc) is 3.44. The van der Waals surface area contributed by atoms with Crippen molar-refractivity contribution in [1.82, 2.24) is 0 Å². The standard InChI is InChI=1S/C69H122NO8P/c1-3-5-7-9-11-13-15-17-19-21-23-25-27-29-30-31-32-33-34-35-36-38-39-41-43-45-47-49-51-53-55-57-59-61-68(71)75-65-67(66-77-79(73,74)76-64-63-70)78-69(72)62-60-58-56-54-52-50-48-46-44-42-40-37-28-26-24-22-20-18-16-14-12-10-8-6-4-2/h6,8,12,14,18,20-21,23-24,26,37,40,44,46,50,52,67H,3-5,7,9-11,13,15-17,19,22,25,27-36,38-39,41-43,45,47-49,51,53-66,70H2,1-2H3,(H,73,74)/b8-6-,14-12-,20-18-,23-21-,26-24-,40-37-,46-44-,52-50-. The number of phosphoric acid groups is 1. The van der Waals surface area contributed by atoms with E-state index in [4.69, 9.17) is 24.3 Å². The predicted molar refractivity (Wildman–Crippen MR) is 339 cm³/mol. The molecule has 0 aromatic carbocycles. The van der Waals surface area contributed by atoms with Crippen LogP contribution in [0.2, 0.25) is 0 Å². The molecule has 79 heavy (non-hydrogen) atoms. The fourth-order valence-corrected chi connectivity index (χ4v) is 9.91. The van der Waals surface area contributed by atoms with Gasteiger partial charge in [0.25, 0.3) is 0 Å². The molecule has 10 heteroatoms. The second-order valence-corrected chi connectivity index (χ2v) is 23.1. The summed E-state index contributed by atoms with van der Waals surface area (Å²) in [5, 5.41) is 0. The number of carbonyl (C=O) groups excluding carboxylic acids is 2. The van der Waals surface area contributed by atoms with Gasteiger partial charge in [-0.1, -0.05) is 284 Å². The van der Waals surface area contributed by atoms with Crippen LogP contribution in [0.4, 0.5) is 0 Å². The van der Waals surface area contributed by atoms with Crippen molar-refractivity contribution in [3.63, 3.8) is 0 Å². The maximum absolute atomic E-state index is 12.7. The Morgan fingerprint density at radius 2 is 0.696 bits per heavy atom. The van der Waals surface area contributed by atoms with Crippen LogP contribution in [0.3, 0.4) is 0 Å². The van der Waals surface area contributed by atoms with Crippen LogP contribution >= 0.6 is 7.82 Å². The number of ether oxygens (including phenoxy) is 2. The van der Waals surface area contributed by atoms with E-state index in [0.29, 0.717) is 6.42 Å². The van der Waals surface area contributed by atoms with Gasteiger partial charge < -0.3 is 20.1 Å². The largest absolute Gasteiger partial charge is 0.472 e. The van der Waals surface area contributed by atoms with Gasteiger partial charge in [-0.25, -0.2) is 4.57 Å². The zero-order valence-corrected chi connectivity index (χ0v) is 52.0. The van der Waals surface area contributed by atoms with Crippen molar-refractivity contribution in [2.24, 2.45) is 5.73 Å². The molecule has 0 heterocycles. The molecule has 0 aromatic heterocycles. The van der Waals surface area contributed by atoms with E-state index in [0.717, 1.165) is 83.5 Å². The van der Waals surface area contributed by atoms with Gasteiger partial charge in [-0.3, -0.25) is 18.6 Å². The Morgan fingerprint density at radius 1 is 0.392 bits per heavy atom. The topological polar surface area (TPSA) is 134 Å². The van der Waals surface area contributed by atoms with Crippen LogP contribution in [-0.4, -0.2) is 49.3 Å². The molecule has 0 amide bonds. The second kappa shape index (κ2) is 64.1. The quantitative estimate of drug-likeness (QED) is 0.0264. The van der Waals surface area contributed by atoms with Gasteiger partial charge in [0.1, 0.15) is 6.61 Å². The number of esters is 2. The van der Waals surface area contributed by atoms with Crippen LogP contribution in [0.5, 0.6) is 0 Å². The lowest BCUT2D eigenvalue weighted by Gasteiger charge is -2.19. The number of unbranched alkanes of at least 4 members (excludes halogenated alkanes) is 32. The Kier molecular flexibility index (Phi) is 61.6. The number of allylic oxidation sites excluding steroid dienone is 16. The number of phosphoric ester groups is 1. The van der Waals surface area contributed by atoms with Crippen LogP contribution < -0.4 is 5.73 Å². The molecule has 456 valence electrons. The monoisotopic (exact) mass is 1120 g/mol. The summed E-state index contributed by atoms with van der Waals surface area (Å²) in [5.74, 6) is -0.862. The number of hydrogen-bond donors (Lipinski definition) is 2. The Balaban J connectivity index is 3.94. The molecule has 3 N–H and O–H groups in total. The Bertz CT molecular complexity index is 1610. The van der Waals surface area contributed by atoms with Crippen LogP contribution in [0, 0.1) is 0 Å². The van der Waals surface area contributed by atoms with E-state index in [1.807, 2.05) is 0 Å². The Labute approximate surface area is 486 Å². The molecular weight excluding hydrogens is 1000 g/mol. The molecule has 0 spiro atoms. The van der Waals surface area contributed by atoms with Gasteiger partial charge in [0.15, 0.2) is 6.10 Å². The first-order valence-corrected chi connectivity index (χ1v) is 34.2. The van der Waals surface area contributed by atoms with E-state index in [9.17, 15) is 19.0 Å². The summed E-state index contributed by atoms with van der Waals surface area (Å²) in [6.45, 7) is 3.61. The first-order valence-electron chi connectivity index (χ1n) is 32.7. The average molecular weight is 1120 g/mol. The number of rotatable bonds is 61. The first-order chi connectivity index (χ1) is 38.8. The van der Waals surface area contributed by atoms with Crippen molar-refractivity contribution in [1.29, 1.82) is 0 Å². The zero-order chi connectivity index (χ0) is 57.3. The van der Waals surface area contributed by atoms with Crippen LogP contribution in [0.1, 0.15) is 296 Å². The maximum Gasteiger partial charge on any atom is 0.472 e. The number of hydrogen-bond acceptors (Lipinski definition) is 8. The van der Waals surface area contributed by atoms with Gasteiger partial charge in [0.2, 0.25) is 0 Å². The van der Waals surface area contributed by atoms with E-state index in [-0.39, 0.29) is 38.6 Å². The normalized spacial score (nSPS) is 13.6. The van der Waals surface area contributed by atoms with Gasteiger partial charge >= 0.3 is 19.8 Å². The molecular formula is C69H122NO8P. The maximum atomic E-state index is 12.7. The van der Waals surface area contributed by atoms with Crippen LogP contribution in [0.15, 0.2) is 97.2 Å². The molecule has 2 unspecified atom stereocenters. The van der Waals surface area contributed by atoms with E-state index in [2.05, 4.69) is 111 Å². The minimum Gasteiger partial charge on any atom is -0.462 e. The molecule has 9 nitrogen and oxygen atoms in total. The molecule has 0 fully saturated rings. The van der Waals surface area contributed by atoms with Crippen molar-refractivity contribution < 1.29 is 37.6 Å². The first kappa shape index (κ1) is 75.9. The highest BCUT2D eigenvalue weighted by Gasteiger charge is 2.26. The molecule has 0 saturated carbocycles. The zero-order valence-electron chi connectivity index (χ0n) is 51.1. The molecule has 0 bridgehead atoms. The third-order valence-electron chi connectivity index (χ3n) is 14.0. The molecule has 0 aromatic rings. The van der Waals surface area contributed by atoms with Crippen molar-refractivity contribution >= 4 is 19.8 Å². The summed E-state index contributed by atoms with van der Waals surface area (Å²) < 4.78 is 33.1. The lowest BCUT2D eigenvalue weighted by molar-refractivity contribution is -0.161. The molecule has 2 atom stereocenters. The van der Waals surface area contributed by atoms with E-state index >= 15 is 0 Å². The summed E-state index contributed by atoms with van der Waals surface area (Å²) in [5.41, 5.74) is 5.39. The SMILES string of the molecule is CC/C=C\C/C=C\C/C=C\C/C=C\C/C=C\C/C=C\C/C=C\CCCCCC(=O)OC(COC(=O)CCCCCCCCCCCCCCCCCCCCCCC/C=C\CCCCCCCCCC)COP(=O)(O)OCCN. The summed E-state index contributed by atoms with van der Waals surface area (Å²) in [6.07, 6.45) is 86.4. The lowest BCUT2D eigenvalue weighted by Crippen LogP contribution is -2.29. The van der Waals surface area contributed by atoms with Crippen molar-refractivity contribution in [3.8, 4) is 0 Å². The van der Waals surface area contributed by atoms with Crippen molar-refractivity contribution in [2.75, 3.05) is 26.4 Å². The molecule has 0 rings (SSSR count). The molecule has 0 aliphatic rings. The second-order valence-electron chi connectivity index (χ2n) is 21.6. The summed E-state index contributed by atoms with van der Waals surface area (Å²) in [6, 6.07) is 0. The Morgan fingerprint density at radius 3 is 1.06 bits per heavy atom. The van der Waals surface area contributed by atoms with Gasteiger partial charge in [-0.15, -0.1) is 0 Å². The summed E-state index contributed by atoms with van der Waals surface area (Å²) >= 11 is 0. The smallest absolute Gasteiger partial charge is 0.462 e. The molecule has 0 saturated heterocycles. The van der Waals surface area contributed by atoms with E-state index < -0.39 is 26.5 Å². The third-order valence-corrected chi connectivity index (χ3v) is 14.9. The fraction of sp³-hybridized carbons (Fsp3) is 0.739. The highest BCUT2D eigenvalue weighted by molar-refractivity contribution is 7.47. The van der Waals surface area contributed by atoms with Crippen molar-refractivity contribution in [3.05, 3.63) is 97.2 Å². The predicted octanol–water partition coefficient (Wildman–Crippen LogP) is 21.2. The summed E-state index contributed by atoms with van der Waals surface area (Å²) in [7, 11) is -4.41. The highest BCUT2D eigenvalue weighted by Crippen LogP contribution is 2.43. The van der Waals surface area contributed by atoms with Gasteiger partial charge in [-0.2, -0.15) is 0 Å². The minimum absolute atomic E-state index is 0.0438. The summed E-state index contributed by atoms with van der Waals surface area (Å²) in [4.78, 5) is 35.3. The molecule has 0 radical (unpaired) electrons. The Hall–Kier alpha value is -3.07. The fourth-order valence-electron chi connectivity index (χ4n) is 9.14. The van der Waals surface area contributed by atoms with Gasteiger partial charge in [0.05, 0.1) is 13.2 Å². The van der Waals surface area contributed by atoms with Crippen LogP contribution in [0.25, 0.3) is 0 Å². The van der Waals surface area contributed by atoms with Gasteiger partial charge in [0, 0.05) is 19.4 Å². The third kappa shape index (κ3) is 64.0.